The first kappa shape index (κ1) is 16.9. The lowest BCUT2D eigenvalue weighted by Crippen LogP contribution is -2.30. The fraction of sp³-hybridized carbons (Fsp3) is 0.500. The molecule has 2 rings (SSSR count). The molecule has 1 amide bonds. The Morgan fingerprint density at radius 3 is 2.30 bits per heavy atom. The Morgan fingerprint density at radius 2 is 1.83 bits per heavy atom. The topological polar surface area (TPSA) is 81.2 Å². The van der Waals surface area contributed by atoms with E-state index in [0.29, 0.717) is 29.3 Å². The van der Waals surface area contributed by atoms with Crippen LogP contribution in [0.15, 0.2) is 4.52 Å². The third-order valence-electron chi connectivity index (χ3n) is 4.02. The van der Waals surface area contributed by atoms with E-state index >= 15 is 0 Å². The van der Waals surface area contributed by atoms with Crippen molar-refractivity contribution in [2.75, 3.05) is 7.05 Å². The summed E-state index contributed by atoms with van der Waals surface area (Å²) in [4.78, 5) is 25.7. The van der Waals surface area contributed by atoms with Gasteiger partial charge in [0.2, 0.25) is 5.91 Å². The number of carbonyl (C=O) groups excluding carboxylic acids is 2. The standard InChI is InChI=1S/C16H22N4O3/c1-9-14(13(5)23-18-9)7-19(6)15(22)8-20-11(3)16(12(4)21)10(2)17-20/h7-8H2,1-6H3. The molecule has 0 aliphatic rings. The van der Waals surface area contributed by atoms with Gasteiger partial charge in [0, 0.05) is 18.3 Å². The Morgan fingerprint density at radius 1 is 1.17 bits per heavy atom. The minimum absolute atomic E-state index is 0.0391. The normalized spacial score (nSPS) is 10.9. The van der Waals surface area contributed by atoms with Crippen molar-refractivity contribution in [2.45, 2.75) is 47.7 Å². The van der Waals surface area contributed by atoms with Gasteiger partial charge in [0.1, 0.15) is 12.3 Å². The second kappa shape index (κ2) is 6.36. The third-order valence-corrected chi connectivity index (χ3v) is 4.02. The van der Waals surface area contributed by atoms with Gasteiger partial charge in [-0.2, -0.15) is 5.10 Å². The van der Waals surface area contributed by atoms with Crippen LogP contribution in [-0.4, -0.2) is 38.6 Å². The van der Waals surface area contributed by atoms with E-state index in [1.807, 2.05) is 13.8 Å². The van der Waals surface area contributed by atoms with Crippen LogP contribution in [0, 0.1) is 27.7 Å². The zero-order valence-electron chi connectivity index (χ0n) is 14.4. The molecule has 7 nitrogen and oxygen atoms in total. The highest BCUT2D eigenvalue weighted by molar-refractivity contribution is 5.96. The summed E-state index contributed by atoms with van der Waals surface area (Å²) in [6, 6.07) is 0. The van der Waals surface area contributed by atoms with Gasteiger partial charge >= 0.3 is 0 Å². The number of aryl methyl sites for hydroxylation is 3. The first-order chi connectivity index (χ1) is 10.7. The van der Waals surface area contributed by atoms with Crippen molar-refractivity contribution in [2.24, 2.45) is 0 Å². The second-order valence-corrected chi connectivity index (χ2v) is 5.81. The summed E-state index contributed by atoms with van der Waals surface area (Å²) in [6.07, 6.45) is 0. The summed E-state index contributed by atoms with van der Waals surface area (Å²) in [6.45, 7) is 9.29. The number of hydrogen-bond acceptors (Lipinski definition) is 5. The quantitative estimate of drug-likeness (QED) is 0.787. The highest BCUT2D eigenvalue weighted by Gasteiger charge is 2.20. The average molecular weight is 318 g/mol. The van der Waals surface area contributed by atoms with Gasteiger partial charge in [0.25, 0.3) is 0 Å². The number of Topliss-reactive ketones (excluding diaryl/α,β-unsaturated/α-hetero) is 1. The largest absolute Gasteiger partial charge is 0.361 e. The third kappa shape index (κ3) is 3.33. The van der Waals surface area contributed by atoms with Gasteiger partial charge in [-0.05, 0) is 34.6 Å². The number of aromatic nitrogens is 3. The van der Waals surface area contributed by atoms with Gasteiger partial charge in [0.05, 0.1) is 23.5 Å². The number of ketones is 1. The number of carbonyl (C=O) groups is 2. The van der Waals surface area contributed by atoms with E-state index in [-0.39, 0.29) is 18.2 Å². The second-order valence-electron chi connectivity index (χ2n) is 5.81. The van der Waals surface area contributed by atoms with Crippen LogP contribution >= 0.6 is 0 Å². The molecular weight excluding hydrogens is 296 g/mol. The predicted molar refractivity (Wildman–Crippen MR) is 84.2 cm³/mol. The molecule has 0 bridgehead atoms. The van der Waals surface area contributed by atoms with E-state index in [9.17, 15) is 9.59 Å². The minimum Gasteiger partial charge on any atom is -0.361 e. The molecule has 2 aromatic heterocycles. The summed E-state index contributed by atoms with van der Waals surface area (Å²) >= 11 is 0. The van der Waals surface area contributed by atoms with Gasteiger partial charge in [-0.25, -0.2) is 0 Å². The first-order valence-electron chi connectivity index (χ1n) is 7.43. The SMILES string of the molecule is CC(=O)c1c(C)nn(CC(=O)N(C)Cc2c(C)noc2C)c1C. The molecule has 0 aliphatic carbocycles. The Kier molecular flexibility index (Phi) is 4.68. The smallest absolute Gasteiger partial charge is 0.244 e. The Labute approximate surface area is 135 Å². The average Bonchev–Trinajstić information content (AvgIpc) is 2.92. The lowest BCUT2D eigenvalue weighted by atomic mass is 10.1. The predicted octanol–water partition coefficient (Wildman–Crippen LogP) is 1.97. The Balaban J connectivity index is 2.13. The minimum atomic E-state index is -0.0919. The van der Waals surface area contributed by atoms with Crippen LogP contribution in [0.5, 0.6) is 0 Å². The maximum atomic E-state index is 12.4. The molecule has 23 heavy (non-hydrogen) atoms. The molecular formula is C16H22N4O3. The molecule has 7 heteroatoms. The van der Waals surface area contributed by atoms with E-state index in [1.54, 1.807) is 30.5 Å². The van der Waals surface area contributed by atoms with E-state index in [2.05, 4.69) is 10.3 Å². The Hall–Kier alpha value is -2.44. The van der Waals surface area contributed by atoms with Crippen LogP contribution < -0.4 is 0 Å². The van der Waals surface area contributed by atoms with Gasteiger partial charge in [-0.15, -0.1) is 0 Å². The van der Waals surface area contributed by atoms with Crippen LogP contribution in [0.3, 0.4) is 0 Å². The first-order valence-corrected chi connectivity index (χ1v) is 7.43. The van der Waals surface area contributed by atoms with Gasteiger partial charge in [-0.1, -0.05) is 5.16 Å². The molecule has 124 valence electrons. The monoisotopic (exact) mass is 318 g/mol. The molecule has 0 saturated heterocycles. The molecule has 0 radical (unpaired) electrons. The van der Waals surface area contributed by atoms with Crippen LogP contribution in [-0.2, 0) is 17.9 Å². The number of rotatable bonds is 5. The van der Waals surface area contributed by atoms with Crippen molar-refractivity contribution in [1.82, 2.24) is 19.8 Å². The maximum absolute atomic E-state index is 12.4. The molecule has 0 spiro atoms. The van der Waals surface area contributed by atoms with Crippen molar-refractivity contribution in [3.05, 3.63) is 34.0 Å². The van der Waals surface area contributed by atoms with Crippen molar-refractivity contribution < 1.29 is 14.1 Å². The van der Waals surface area contributed by atoms with Crippen molar-refractivity contribution in [3.8, 4) is 0 Å². The van der Waals surface area contributed by atoms with Crippen LogP contribution in [0.4, 0.5) is 0 Å². The number of amides is 1. The highest BCUT2D eigenvalue weighted by atomic mass is 16.5. The number of hydrogen-bond donors (Lipinski definition) is 0. The van der Waals surface area contributed by atoms with E-state index < -0.39 is 0 Å². The molecule has 2 heterocycles. The summed E-state index contributed by atoms with van der Waals surface area (Å²) in [5.74, 6) is 0.584. The molecule has 0 aliphatic heterocycles. The van der Waals surface area contributed by atoms with Crippen LogP contribution in [0.25, 0.3) is 0 Å². The molecule has 0 saturated carbocycles. The molecule has 0 atom stereocenters. The van der Waals surface area contributed by atoms with E-state index in [0.717, 1.165) is 11.3 Å². The molecule has 0 fully saturated rings. The number of likely N-dealkylation sites (N-methyl/N-ethyl adjacent to an activating group) is 1. The van der Waals surface area contributed by atoms with Gasteiger partial charge in [-0.3, -0.25) is 14.3 Å². The lowest BCUT2D eigenvalue weighted by Gasteiger charge is -2.17. The van der Waals surface area contributed by atoms with E-state index in [4.69, 9.17) is 4.52 Å². The van der Waals surface area contributed by atoms with Crippen molar-refractivity contribution >= 4 is 11.7 Å². The molecule has 2 aromatic rings. The van der Waals surface area contributed by atoms with Crippen LogP contribution in [0.1, 0.15) is 45.7 Å². The highest BCUT2D eigenvalue weighted by Crippen LogP contribution is 2.16. The Bertz CT molecular complexity index is 738. The lowest BCUT2D eigenvalue weighted by molar-refractivity contribution is -0.131. The summed E-state index contributed by atoms with van der Waals surface area (Å²) in [5.41, 5.74) is 3.65. The summed E-state index contributed by atoms with van der Waals surface area (Å²) < 4.78 is 6.70. The van der Waals surface area contributed by atoms with Crippen molar-refractivity contribution in [1.29, 1.82) is 0 Å². The summed E-state index contributed by atoms with van der Waals surface area (Å²) in [7, 11) is 1.73. The zero-order chi connectivity index (χ0) is 17.3. The fourth-order valence-corrected chi connectivity index (χ4v) is 2.66. The van der Waals surface area contributed by atoms with Crippen molar-refractivity contribution in [3.63, 3.8) is 0 Å². The summed E-state index contributed by atoms with van der Waals surface area (Å²) in [5, 5.41) is 8.20. The molecule has 0 N–H and O–H groups in total. The molecule has 0 aromatic carbocycles. The maximum Gasteiger partial charge on any atom is 0.244 e. The van der Waals surface area contributed by atoms with E-state index in [1.165, 1.54) is 6.92 Å². The molecule has 0 unspecified atom stereocenters. The fourth-order valence-electron chi connectivity index (χ4n) is 2.66. The van der Waals surface area contributed by atoms with Gasteiger partial charge < -0.3 is 9.42 Å². The van der Waals surface area contributed by atoms with Gasteiger partial charge in [0.15, 0.2) is 5.78 Å². The number of nitrogens with zero attached hydrogens (tertiary/aromatic N) is 4. The van der Waals surface area contributed by atoms with Crippen LogP contribution in [0.2, 0.25) is 0 Å². The zero-order valence-corrected chi connectivity index (χ0v) is 14.4.